The third kappa shape index (κ3) is 11.5. The molecule has 1 atom stereocenters. The largest absolute Gasteiger partial charge is 0.395 e. The molecule has 5 heteroatoms. The van der Waals surface area contributed by atoms with Gasteiger partial charge in [0.15, 0.2) is 0 Å². The van der Waals surface area contributed by atoms with Crippen LogP contribution in [0.5, 0.6) is 0 Å². The number of ether oxygens (including phenoxy) is 3. The molecule has 0 aliphatic rings. The molecule has 0 bridgehead atoms. The third-order valence-electron chi connectivity index (χ3n) is 4.64. The van der Waals surface area contributed by atoms with Crippen molar-refractivity contribution in [2.45, 2.75) is 91.5 Å². The zero-order valence-corrected chi connectivity index (χ0v) is 17.9. The SMILES string of the molecule is CCCCCCCCC(CCCNCCO)C(OCC)(OCC)OCC. The molecule has 0 amide bonds. The van der Waals surface area contributed by atoms with Gasteiger partial charge < -0.3 is 24.6 Å². The van der Waals surface area contributed by atoms with Crippen molar-refractivity contribution in [3.8, 4) is 0 Å². The molecule has 0 aliphatic heterocycles. The first-order chi connectivity index (χ1) is 12.7. The highest BCUT2D eigenvalue weighted by Gasteiger charge is 2.41. The number of hydrogen-bond acceptors (Lipinski definition) is 5. The molecule has 0 rings (SSSR count). The number of hydrogen-bond donors (Lipinski definition) is 2. The first-order valence-electron chi connectivity index (χ1n) is 10.9. The molecule has 0 heterocycles. The normalized spacial score (nSPS) is 13.3. The second-order valence-electron chi connectivity index (χ2n) is 6.77. The van der Waals surface area contributed by atoms with Gasteiger partial charge in [0.2, 0.25) is 0 Å². The van der Waals surface area contributed by atoms with Gasteiger partial charge in [-0.05, 0) is 46.6 Å². The highest BCUT2D eigenvalue weighted by molar-refractivity contribution is 4.73. The van der Waals surface area contributed by atoms with Crippen LogP contribution in [0.2, 0.25) is 0 Å². The van der Waals surface area contributed by atoms with Crippen LogP contribution in [0.25, 0.3) is 0 Å². The molecule has 158 valence electrons. The van der Waals surface area contributed by atoms with Crippen LogP contribution in [0, 0.1) is 5.92 Å². The lowest BCUT2D eigenvalue weighted by atomic mass is 9.92. The van der Waals surface area contributed by atoms with Crippen LogP contribution in [-0.2, 0) is 14.2 Å². The molecule has 0 aromatic heterocycles. The van der Waals surface area contributed by atoms with E-state index in [4.69, 9.17) is 19.3 Å². The Kier molecular flexibility index (Phi) is 18.0. The lowest BCUT2D eigenvalue weighted by Crippen LogP contribution is -2.47. The fraction of sp³-hybridized carbons (Fsp3) is 1.00. The zero-order valence-electron chi connectivity index (χ0n) is 17.9. The molecule has 0 aromatic rings. The fourth-order valence-corrected chi connectivity index (χ4v) is 3.43. The molecular weight excluding hydrogens is 330 g/mol. The van der Waals surface area contributed by atoms with Gasteiger partial charge in [0, 0.05) is 32.3 Å². The lowest BCUT2D eigenvalue weighted by Gasteiger charge is -2.39. The summed E-state index contributed by atoms with van der Waals surface area (Å²) in [4.78, 5) is 0. The van der Waals surface area contributed by atoms with Gasteiger partial charge in [0.25, 0.3) is 5.97 Å². The van der Waals surface area contributed by atoms with E-state index in [-0.39, 0.29) is 12.5 Å². The molecular formula is C21H45NO4. The van der Waals surface area contributed by atoms with Gasteiger partial charge in [0.05, 0.1) is 6.61 Å². The molecule has 0 aliphatic carbocycles. The summed E-state index contributed by atoms with van der Waals surface area (Å²) in [6, 6.07) is 0. The summed E-state index contributed by atoms with van der Waals surface area (Å²) in [5.74, 6) is -0.692. The van der Waals surface area contributed by atoms with E-state index in [2.05, 4.69) is 12.2 Å². The Bertz CT molecular complexity index is 272. The summed E-state index contributed by atoms with van der Waals surface area (Å²) in [7, 11) is 0. The number of nitrogens with one attached hydrogen (secondary N) is 1. The van der Waals surface area contributed by atoms with Crippen molar-refractivity contribution in [1.29, 1.82) is 0 Å². The Hall–Kier alpha value is -0.200. The summed E-state index contributed by atoms with van der Waals surface area (Å²) in [6.07, 6.45) is 10.8. The van der Waals surface area contributed by atoms with E-state index in [0.717, 1.165) is 25.8 Å². The maximum absolute atomic E-state index is 8.90. The number of aliphatic hydroxyl groups excluding tert-OH is 1. The highest BCUT2D eigenvalue weighted by Crippen LogP contribution is 2.34. The van der Waals surface area contributed by atoms with Gasteiger partial charge in [-0.2, -0.15) is 0 Å². The first kappa shape index (κ1) is 25.8. The van der Waals surface area contributed by atoms with E-state index in [1.807, 2.05) is 20.8 Å². The van der Waals surface area contributed by atoms with Crippen LogP contribution >= 0.6 is 0 Å². The Morgan fingerprint density at radius 3 is 1.81 bits per heavy atom. The Balaban J connectivity index is 4.74. The van der Waals surface area contributed by atoms with Crippen molar-refractivity contribution in [3.63, 3.8) is 0 Å². The minimum Gasteiger partial charge on any atom is -0.395 e. The molecule has 26 heavy (non-hydrogen) atoms. The van der Waals surface area contributed by atoms with Crippen molar-refractivity contribution in [3.05, 3.63) is 0 Å². The van der Waals surface area contributed by atoms with Gasteiger partial charge in [-0.15, -0.1) is 0 Å². The molecule has 0 saturated heterocycles. The van der Waals surface area contributed by atoms with Gasteiger partial charge in [0.1, 0.15) is 0 Å². The summed E-state index contributed by atoms with van der Waals surface area (Å²) in [5, 5.41) is 12.2. The number of rotatable bonds is 20. The predicted octanol–water partition coefficient (Wildman–Crippen LogP) is 4.48. The summed E-state index contributed by atoms with van der Waals surface area (Å²) in [6.45, 7) is 11.7. The number of aliphatic hydroxyl groups is 1. The zero-order chi connectivity index (χ0) is 19.5. The van der Waals surface area contributed by atoms with E-state index < -0.39 is 5.97 Å². The predicted molar refractivity (Wildman–Crippen MR) is 108 cm³/mol. The van der Waals surface area contributed by atoms with Gasteiger partial charge in [-0.1, -0.05) is 45.4 Å². The van der Waals surface area contributed by atoms with Gasteiger partial charge >= 0.3 is 0 Å². The van der Waals surface area contributed by atoms with E-state index in [1.54, 1.807) is 0 Å². The lowest BCUT2D eigenvalue weighted by molar-refractivity contribution is -0.403. The summed E-state index contributed by atoms with van der Waals surface area (Å²) < 4.78 is 18.1. The first-order valence-corrected chi connectivity index (χ1v) is 10.9. The van der Waals surface area contributed by atoms with Crippen LogP contribution in [0.3, 0.4) is 0 Å². The molecule has 0 spiro atoms. The van der Waals surface area contributed by atoms with Crippen LogP contribution < -0.4 is 5.32 Å². The number of unbranched alkanes of at least 4 members (excludes halogenated alkanes) is 5. The molecule has 5 nitrogen and oxygen atoms in total. The standard InChI is InChI=1S/C21H45NO4/c1-5-9-10-11-12-13-15-20(16-14-17-22-18-19-23)21(24-6-2,25-7-3)26-8-4/h20,22-23H,5-19H2,1-4H3. The van der Waals surface area contributed by atoms with E-state index in [1.165, 1.54) is 38.5 Å². The van der Waals surface area contributed by atoms with Crippen LogP contribution in [0.1, 0.15) is 85.5 Å². The summed E-state index contributed by atoms with van der Waals surface area (Å²) in [5.41, 5.74) is 0. The van der Waals surface area contributed by atoms with Crippen molar-refractivity contribution < 1.29 is 19.3 Å². The average molecular weight is 376 g/mol. The van der Waals surface area contributed by atoms with E-state index in [9.17, 15) is 0 Å². The maximum Gasteiger partial charge on any atom is 0.285 e. The Morgan fingerprint density at radius 1 is 0.731 bits per heavy atom. The third-order valence-corrected chi connectivity index (χ3v) is 4.64. The molecule has 0 aromatic carbocycles. The molecule has 0 radical (unpaired) electrons. The van der Waals surface area contributed by atoms with Crippen molar-refractivity contribution in [2.24, 2.45) is 5.92 Å². The minimum absolute atomic E-state index is 0.183. The minimum atomic E-state index is -0.918. The summed E-state index contributed by atoms with van der Waals surface area (Å²) >= 11 is 0. The second kappa shape index (κ2) is 18.2. The molecule has 0 fully saturated rings. The average Bonchev–Trinajstić information content (AvgIpc) is 2.63. The van der Waals surface area contributed by atoms with Crippen LogP contribution in [0.4, 0.5) is 0 Å². The van der Waals surface area contributed by atoms with E-state index >= 15 is 0 Å². The smallest absolute Gasteiger partial charge is 0.285 e. The Morgan fingerprint density at radius 2 is 1.27 bits per heavy atom. The quantitative estimate of drug-likeness (QED) is 0.243. The maximum atomic E-state index is 8.90. The second-order valence-corrected chi connectivity index (χ2v) is 6.77. The van der Waals surface area contributed by atoms with E-state index in [0.29, 0.717) is 26.4 Å². The fourth-order valence-electron chi connectivity index (χ4n) is 3.43. The van der Waals surface area contributed by atoms with Crippen molar-refractivity contribution in [1.82, 2.24) is 5.32 Å². The monoisotopic (exact) mass is 375 g/mol. The molecule has 0 saturated carbocycles. The highest BCUT2D eigenvalue weighted by atomic mass is 16.9. The van der Waals surface area contributed by atoms with Gasteiger partial charge in [-0.3, -0.25) is 0 Å². The Labute approximate surface area is 162 Å². The topological polar surface area (TPSA) is 60.0 Å². The van der Waals surface area contributed by atoms with Crippen molar-refractivity contribution >= 4 is 0 Å². The van der Waals surface area contributed by atoms with Crippen LogP contribution in [-0.4, -0.2) is 50.6 Å². The van der Waals surface area contributed by atoms with Crippen LogP contribution in [0.15, 0.2) is 0 Å². The van der Waals surface area contributed by atoms with Crippen molar-refractivity contribution in [2.75, 3.05) is 39.5 Å². The molecule has 2 N–H and O–H groups in total. The van der Waals surface area contributed by atoms with Gasteiger partial charge in [-0.25, -0.2) is 0 Å². The molecule has 1 unspecified atom stereocenters.